The average molecular weight is 250 g/mol. The Morgan fingerprint density at radius 2 is 2.35 bits per heavy atom. The number of piperidine rings is 1. The minimum atomic E-state index is 0.0366. The van der Waals surface area contributed by atoms with Gasteiger partial charge in [-0.1, -0.05) is 12.1 Å². The van der Waals surface area contributed by atoms with E-state index in [-0.39, 0.29) is 6.03 Å². The Bertz CT molecular complexity index is 367. The Labute approximate surface area is 106 Å². The molecular formula is C13H18N2OS. The summed E-state index contributed by atoms with van der Waals surface area (Å²) in [4.78, 5) is 15.1. The summed E-state index contributed by atoms with van der Waals surface area (Å²) in [6.45, 7) is 5.84. The van der Waals surface area contributed by atoms with Crippen LogP contribution in [0.4, 0.5) is 4.79 Å². The van der Waals surface area contributed by atoms with E-state index < -0.39 is 0 Å². The first-order valence-corrected chi connectivity index (χ1v) is 6.86. The van der Waals surface area contributed by atoms with Crippen LogP contribution < -0.4 is 5.32 Å². The van der Waals surface area contributed by atoms with E-state index in [2.05, 4.69) is 29.4 Å². The molecule has 0 atom stereocenters. The summed E-state index contributed by atoms with van der Waals surface area (Å²) < 4.78 is 0. The first-order chi connectivity index (χ1) is 8.31. The van der Waals surface area contributed by atoms with Gasteiger partial charge in [-0.25, -0.2) is 4.79 Å². The van der Waals surface area contributed by atoms with Gasteiger partial charge in [-0.15, -0.1) is 17.9 Å². The number of carbonyl (C=O) groups excluding carboxylic acids is 1. The minimum absolute atomic E-state index is 0.0366. The largest absolute Gasteiger partial charge is 0.335 e. The maximum Gasteiger partial charge on any atom is 0.317 e. The number of nitrogens with zero attached hydrogens (tertiary/aromatic N) is 1. The molecule has 2 amide bonds. The lowest BCUT2D eigenvalue weighted by molar-refractivity contribution is 0.183. The van der Waals surface area contributed by atoms with Gasteiger partial charge in [-0.2, -0.15) is 0 Å². The van der Waals surface area contributed by atoms with Gasteiger partial charge >= 0.3 is 6.03 Å². The number of carbonyl (C=O) groups is 1. The van der Waals surface area contributed by atoms with Crippen molar-refractivity contribution in [2.45, 2.75) is 18.8 Å². The fourth-order valence-corrected chi connectivity index (χ4v) is 3.06. The molecule has 0 aliphatic carbocycles. The van der Waals surface area contributed by atoms with Crippen molar-refractivity contribution in [2.75, 3.05) is 19.6 Å². The molecule has 3 nitrogen and oxygen atoms in total. The zero-order valence-electron chi connectivity index (χ0n) is 9.89. The minimum Gasteiger partial charge on any atom is -0.335 e. The monoisotopic (exact) mass is 250 g/mol. The summed E-state index contributed by atoms with van der Waals surface area (Å²) in [6, 6.07) is 4.33. The molecule has 4 heteroatoms. The van der Waals surface area contributed by atoms with E-state index in [1.807, 2.05) is 16.2 Å². The van der Waals surface area contributed by atoms with Crippen LogP contribution in [0.5, 0.6) is 0 Å². The fraction of sp³-hybridized carbons (Fsp3) is 0.462. The predicted octanol–water partition coefficient (Wildman–Crippen LogP) is 2.82. The SMILES string of the molecule is C=CCNC(=O)N1CCC(c2cccs2)CC1. The van der Waals surface area contributed by atoms with Gasteiger partial charge in [0.25, 0.3) is 0 Å². The molecule has 1 saturated heterocycles. The van der Waals surface area contributed by atoms with Crippen LogP contribution in [0.15, 0.2) is 30.2 Å². The zero-order chi connectivity index (χ0) is 12.1. The third-order valence-electron chi connectivity index (χ3n) is 3.13. The van der Waals surface area contributed by atoms with Gasteiger partial charge in [0.05, 0.1) is 0 Å². The Morgan fingerprint density at radius 3 is 2.94 bits per heavy atom. The summed E-state index contributed by atoms with van der Waals surface area (Å²) in [5.74, 6) is 0.637. The molecule has 1 aliphatic rings. The van der Waals surface area contributed by atoms with Gasteiger partial charge in [0.1, 0.15) is 0 Å². The number of nitrogens with one attached hydrogen (secondary N) is 1. The molecule has 0 spiro atoms. The van der Waals surface area contributed by atoms with E-state index >= 15 is 0 Å². The van der Waals surface area contributed by atoms with Crippen molar-refractivity contribution in [3.8, 4) is 0 Å². The molecule has 1 aromatic heterocycles. The molecule has 0 saturated carbocycles. The van der Waals surface area contributed by atoms with Gasteiger partial charge in [0.2, 0.25) is 0 Å². The first kappa shape index (κ1) is 12.2. The van der Waals surface area contributed by atoms with E-state index in [1.165, 1.54) is 4.88 Å². The lowest BCUT2D eigenvalue weighted by atomic mass is 9.95. The number of urea groups is 1. The summed E-state index contributed by atoms with van der Waals surface area (Å²) in [5.41, 5.74) is 0. The highest BCUT2D eigenvalue weighted by molar-refractivity contribution is 7.10. The topological polar surface area (TPSA) is 32.3 Å². The average Bonchev–Trinajstić information content (AvgIpc) is 2.90. The van der Waals surface area contributed by atoms with Crippen molar-refractivity contribution >= 4 is 17.4 Å². The number of hydrogen-bond acceptors (Lipinski definition) is 2. The molecule has 92 valence electrons. The molecule has 1 fully saturated rings. The summed E-state index contributed by atoms with van der Waals surface area (Å²) in [5, 5.41) is 4.95. The second-order valence-electron chi connectivity index (χ2n) is 4.25. The van der Waals surface area contributed by atoms with E-state index in [0.717, 1.165) is 25.9 Å². The van der Waals surface area contributed by atoms with Gasteiger partial charge in [0, 0.05) is 24.5 Å². The molecule has 2 rings (SSSR count). The van der Waals surface area contributed by atoms with Crippen LogP contribution in [-0.2, 0) is 0 Å². The van der Waals surface area contributed by atoms with Crippen LogP contribution in [0.1, 0.15) is 23.6 Å². The highest BCUT2D eigenvalue weighted by Gasteiger charge is 2.23. The standard InChI is InChI=1S/C13H18N2OS/c1-2-7-14-13(16)15-8-5-11(6-9-15)12-4-3-10-17-12/h2-4,10-11H,1,5-9H2,(H,14,16). The summed E-state index contributed by atoms with van der Waals surface area (Å²) in [6.07, 6.45) is 3.85. The van der Waals surface area contributed by atoms with Crippen molar-refractivity contribution in [1.82, 2.24) is 10.2 Å². The number of rotatable bonds is 3. The first-order valence-electron chi connectivity index (χ1n) is 5.98. The maximum absolute atomic E-state index is 11.7. The van der Waals surface area contributed by atoms with Crippen LogP contribution in [0.3, 0.4) is 0 Å². The highest BCUT2D eigenvalue weighted by atomic mass is 32.1. The normalized spacial score (nSPS) is 16.8. The van der Waals surface area contributed by atoms with Crippen molar-refractivity contribution in [2.24, 2.45) is 0 Å². The van der Waals surface area contributed by atoms with Crippen LogP contribution in [0, 0.1) is 0 Å². The second kappa shape index (κ2) is 5.87. The van der Waals surface area contributed by atoms with Crippen molar-refractivity contribution in [3.63, 3.8) is 0 Å². The number of thiophene rings is 1. The molecule has 1 aromatic rings. The molecule has 2 heterocycles. The van der Waals surface area contributed by atoms with E-state index in [9.17, 15) is 4.79 Å². The zero-order valence-corrected chi connectivity index (χ0v) is 10.7. The quantitative estimate of drug-likeness (QED) is 0.822. The lowest BCUT2D eigenvalue weighted by Gasteiger charge is -2.31. The Balaban J connectivity index is 1.81. The molecule has 0 aromatic carbocycles. The third kappa shape index (κ3) is 3.09. The van der Waals surface area contributed by atoms with E-state index in [4.69, 9.17) is 0 Å². The molecule has 0 bridgehead atoms. The molecule has 0 radical (unpaired) electrons. The van der Waals surface area contributed by atoms with Gasteiger partial charge in [-0.05, 0) is 30.2 Å². The van der Waals surface area contributed by atoms with Crippen LogP contribution >= 0.6 is 11.3 Å². The fourth-order valence-electron chi connectivity index (χ4n) is 2.16. The lowest BCUT2D eigenvalue weighted by Crippen LogP contribution is -2.44. The van der Waals surface area contributed by atoms with Gasteiger partial charge in [-0.3, -0.25) is 0 Å². The van der Waals surface area contributed by atoms with Crippen molar-refractivity contribution < 1.29 is 4.79 Å². The molecule has 1 aliphatic heterocycles. The van der Waals surface area contributed by atoms with Crippen LogP contribution in [-0.4, -0.2) is 30.6 Å². The van der Waals surface area contributed by atoms with Gasteiger partial charge < -0.3 is 10.2 Å². The maximum atomic E-state index is 11.7. The third-order valence-corrected chi connectivity index (χ3v) is 4.16. The predicted molar refractivity (Wildman–Crippen MR) is 71.5 cm³/mol. The van der Waals surface area contributed by atoms with Crippen LogP contribution in [0.2, 0.25) is 0 Å². The highest BCUT2D eigenvalue weighted by Crippen LogP contribution is 2.30. The Hall–Kier alpha value is -1.29. The molecule has 17 heavy (non-hydrogen) atoms. The smallest absolute Gasteiger partial charge is 0.317 e. The molecule has 0 unspecified atom stereocenters. The van der Waals surface area contributed by atoms with E-state index in [1.54, 1.807) is 6.08 Å². The summed E-state index contributed by atoms with van der Waals surface area (Å²) >= 11 is 1.82. The van der Waals surface area contributed by atoms with E-state index in [0.29, 0.717) is 12.5 Å². The Morgan fingerprint density at radius 1 is 1.59 bits per heavy atom. The van der Waals surface area contributed by atoms with Crippen LogP contribution in [0.25, 0.3) is 0 Å². The molecule has 1 N–H and O–H groups in total. The number of likely N-dealkylation sites (tertiary alicyclic amines) is 1. The molecular weight excluding hydrogens is 232 g/mol. The number of amides is 2. The summed E-state index contributed by atoms with van der Waals surface area (Å²) in [7, 11) is 0. The Kier molecular flexibility index (Phi) is 4.20. The second-order valence-corrected chi connectivity index (χ2v) is 5.23. The van der Waals surface area contributed by atoms with Gasteiger partial charge in [0.15, 0.2) is 0 Å². The number of hydrogen-bond donors (Lipinski definition) is 1. The van der Waals surface area contributed by atoms with Crippen molar-refractivity contribution in [3.05, 3.63) is 35.0 Å². The van der Waals surface area contributed by atoms with Crippen molar-refractivity contribution in [1.29, 1.82) is 0 Å².